The van der Waals surface area contributed by atoms with Crippen LogP contribution in [-0.2, 0) is 4.79 Å². The van der Waals surface area contributed by atoms with Crippen molar-refractivity contribution in [1.29, 1.82) is 0 Å². The number of halogens is 1. The number of amides is 1. The van der Waals surface area contributed by atoms with Crippen LogP contribution >= 0.6 is 0 Å². The van der Waals surface area contributed by atoms with Crippen LogP contribution in [-0.4, -0.2) is 23.2 Å². The normalized spacial score (nSPS) is 17.4. The van der Waals surface area contributed by atoms with Gasteiger partial charge in [-0.1, -0.05) is 12.1 Å². The Morgan fingerprint density at radius 1 is 1.50 bits per heavy atom. The Balaban J connectivity index is 1.95. The van der Waals surface area contributed by atoms with Crippen LogP contribution in [0.2, 0.25) is 0 Å². The van der Waals surface area contributed by atoms with Gasteiger partial charge in [-0.25, -0.2) is 4.39 Å². The smallest absolute Gasteiger partial charge is 0.244 e. The molecule has 3 nitrogen and oxygen atoms in total. The number of rotatable bonds is 4. The maximum absolute atomic E-state index is 12.9. The van der Waals surface area contributed by atoms with Gasteiger partial charge in [0.25, 0.3) is 0 Å². The Morgan fingerprint density at radius 3 is 2.83 bits per heavy atom. The number of carbonyl (C=O) groups excluding carboxylic acids is 1. The van der Waals surface area contributed by atoms with E-state index in [0.717, 1.165) is 19.3 Å². The van der Waals surface area contributed by atoms with Crippen molar-refractivity contribution < 1.29 is 14.3 Å². The van der Waals surface area contributed by atoms with E-state index >= 15 is 0 Å². The first-order chi connectivity index (χ1) is 8.63. The zero-order valence-electron chi connectivity index (χ0n) is 10.0. The van der Waals surface area contributed by atoms with Gasteiger partial charge in [0.15, 0.2) is 0 Å². The van der Waals surface area contributed by atoms with Gasteiger partial charge in [-0.05, 0) is 43.0 Å². The molecule has 0 bridgehead atoms. The van der Waals surface area contributed by atoms with Crippen LogP contribution in [0.1, 0.15) is 24.8 Å². The van der Waals surface area contributed by atoms with Crippen LogP contribution < -0.4 is 5.32 Å². The third-order valence-corrected chi connectivity index (χ3v) is 3.28. The van der Waals surface area contributed by atoms with Crippen molar-refractivity contribution in [2.45, 2.75) is 24.8 Å². The first-order valence-corrected chi connectivity index (χ1v) is 6.00. The van der Waals surface area contributed by atoms with Crippen molar-refractivity contribution in [1.82, 2.24) is 5.32 Å². The van der Waals surface area contributed by atoms with E-state index in [1.54, 1.807) is 18.2 Å². The van der Waals surface area contributed by atoms with E-state index in [1.165, 1.54) is 18.2 Å². The quantitative estimate of drug-likeness (QED) is 0.800. The molecular weight excluding hydrogens is 233 g/mol. The third kappa shape index (κ3) is 2.96. The highest BCUT2D eigenvalue weighted by Gasteiger charge is 2.37. The summed E-state index contributed by atoms with van der Waals surface area (Å²) in [6, 6.07) is 6.02. The topological polar surface area (TPSA) is 49.3 Å². The third-order valence-electron chi connectivity index (χ3n) is 3.28. The van der Waals surface area contributed by atoms with Crippen molar-refractivity contribution in [3.8, 4) is 0 Å². The Hall–Kier alpha value is -1.68. The lowest BCUT2D eigenvalue weighted by Gasteiger charge is -2.40. The fourth-order valence-electron chi connectivity index (χ4n) is 2.01. The van der Waals surface area contributed by atoms with Gasteiger partial charge in [0.2, 0.25) is 5.91 Å². The summed E-state index contributed by atoms with van der Waals surface area (Å²) >= 11 is 0. The van der Waals surface area contributed by atoms with Gasteiger partial charge >= 0.3 is 0 Å². The Morgan fingerprint density at radius 2 is 2.28 bits per heavy atom. The number of carbonyl (C=O) groups is 1. The van der Waals surface area contributed by atoms with E-state index in [9.17, 15) is 14.3 Å². The van der Waals surface area contributed by atoms with Crippen molar-refractivity contribution in [3.05, 3.63) is 41.7 Å². The summed E-state index contributed by atoms with van der Waals surface area (Å²) in [5.41, 5.74) is 0.195. The minimum atomic E-state index is -0.441. The van der Waals surface area contributed by atoms with Gasteiger partial charge in [-0.15, -0.1) is 0 Å². The van der Waals surface area contributed by atoms with Crippen molar-refractivity contribution in [2.24, 2.45) is 0 Å². The van der Waals surface area contributed by atoms with Crippen LogP contribution in [0.25, 0.3) is 6.08 Å². The number of aliphatic hydroxyl groups is 1. The predicted octanol–water partition coefficient (Wildman–Crippen LogP) is 1.87. The number of benzene rings is 1. The molecule has 4 heteroatoms. The molecule has 1 aliphatic rings. The second-order valence-corrected chi connectivity index (χ2v) is 4.67. The molecule has 0 saturated heterocycles. The Kier molecular flexibility index (Phi) is 3.77. The van der Waals surface area contributed by atoms with E-state index in [0.29, 0.717) is 5.56 Å². The fourth-order valence-corrected chi connectivity index (χ4v) is 2.01. The molecule has 0 aliphatic heterocycles. The molecule has 1 amide bonds. The van der Waals surface area contributed by atoms with Gasteiger partial charge in [0, 0.05) is 6.08 Å². The standard InChI is InChI=1S/C14H16FNO2/c15-12-4-1-3-11(9-12)5-6-13(18)16-14(10-17)7-2-8-14/h1,3-6,9,17H,2,7-8,10H2,(H,16,18)/b6-5+. The second-order valence-electron chi connectivity index (χ2n) is 4.67. The van der Waals surface area contributed by atoms with Crippen LogP contribution in [0.3, 0.4) is 0 Å². The van der Waals surface area contributed by atoms with Gasteiger partial charge in [0.05, 0.1) is 12.1 Å². The number of hydrogen-bond acceptors (Lipinski definition) is 2. The van der Waals surface area contributed by atoms with Gasteiger partial charge < -0.3 is 10.4 Å². The van der Waals surface area contributed by atoms with E-state index < -0.39 is 5.54 Å². The molecule has 0 spiro atoms. The van der Waals surface area contributed by atoms with Crippen molar-refractivity contribution in [2.75, 3.05) is 6.61 Å². The molecule has 0 unspecified atom stereocenters. The molecule has 0 aromatic heterocycles. The molecule has 2 rings (SSSR count). The SMILES string of the molecule is O=C(/C=C/c1cccc(F)c1)NC1(CO)CCC1. The molecule has 0 atom stereocenters. The molecule has 1 fully saturated rings. The lowest BCUT2D eigenvalue weighted by Crippen LogP contribution is -2.55. The lowest BCUT2D eigenvalue weighted by atomic mass is 9.77. The maximum atomic E-state index is 12.9. The average Bonchev–Trinajstić information content (AvgIpc) is 2.31. The van der Waals surface area contributed by atoms with E-state index in [-0.39, 0.29) is 18.3 Å². The van der Waals surface area contributed by atoms with E-state index in [1.807, 2.05) is 0 Å². The largest absolute Gasteiger partial charge is 0.394 e. The molecule has 1 aromatic carbocycles. The molecule has 18 heavy (non-hydrogen) atoms. The summed E-state index contributed by atoms with van der Waals surface area (Å²) < 4.78 is 12.9. The molecule has 1 saturated carbocycles. The van der Waals surface area contributed by atoms with Gasteiger partial charge in [-0.2, -0.15) is 0 Å². The number of hydrogen-bond donors (Lipinski definition) is 2. The molecule has 2 N–H and O–H groups in total. The van der Waals surface area contributed by atoms with Crippen LogP contribution in [0.4, 0.5) is 4.39 Å². The van der Waals surface area contributed by atoms with Gasteiger partial charge in [-0.3, -0.25) is 4.79 Å². The Bertz CT molecular complexity index is 461. The summed E-state index contributed by atoms with van der Waals surface area (Å²) in [4.78, 5) is 11.7. The summed E-state index contributed by atoms with van der Waals surface area (Å²) in [5.74, 6) is -0.587. The average molecular weight is 249 g/mol. The monoisotopic (exact) mass is 249 g/mol. The molecule has 0 heterocycles. The zero-order chi connectivity index (χ0) is 13.0. The highest BCUT2D eigenvalue weighted by Crippen LogP contribution is 2.31. The Labute approximate surface area is 105 Å². The summed E-state index contributed by atoms with van der Waals surface area (Å²) in [7, 11) is 0. The molecule has 0 radical (unpaired) electrons. The van der Waals surface area contributed by atoms with Gasteiger partial charge in [0.1, 0.15) is 5.82 Å². The maximum Gasteiger partial charge on any atom is 0.244 e. The minimum Gasteiger partial charge on any atom is -0.394 e. The van der Waals surface area contributed by atoms with Crippen molar-refractivity contribution >= 4 is 12.0 Å². The molecule has 1 aliphatic carbocycles. The highest BCUT2D eigenvalue weighted by atomic mass is 19.1. The first kappa shape index (κ1) is 12.8. The summed E-state index contributed by atoms with van der Waals surface area (Å²) in [6.07, 6.45) is 5.56. The summed E-state index contributed by atoms with van der Waals surface area (Å²) in [6.45, 7) is -0.0352. The molecule has 1 aromatic rings. The number of aliphatic hydroxyl groups excluding tert-OH is 1. The number of nitrogens with one attached hydrogen (secondary N) is 1. The van der Waals surface area contributed by atoms with Crippen LogP contribution in [0.5, 0.6) is 0 Å². The van der Waals surface area contributed by atoms with Crippen LogP contribution in [0, 0.1) is 5.82 Å². The highest BCUT2D eigenvalue weighted by molar-refractivity contribution is 5.92. The summed E-state index contributed by atoms with van der Waals surface area (Å²) in [5, 5.41) is 12.0. The predicted molar refractivity (Wildman–Crippen MR) is 67.2 cm³/mol. The van der Waals surface area contributed by atoms with Crippen LogP contribution in [0.15, 0.2) is 30.3 Å². The fraction of sp³-hybridized carbons (Fsp3) is 0.357. The first-order valence-electron chi connectivity index (χ1n) is 6.00. The van der Waals surface area contributed by atoms with Crippen molar-refractivity contribution in [3.63, 3.8) is 0 Å². The van der Waals surface area contributed by atoms with E-state index in [2.05, 4.69) is 5.32 Å². The lowest BCUT2D eigenvalue weighted by molar-refractivity contribution is -0.120. The zero-order valence-corrected chi connectivity index (χ0v) is 10.0. The van der Waals surface area contributed by atoms with E-state index in [4.69, 9.17) is 0 Å². The molecule has 96 valence electrons. The molecular formula is C14H16FNO2. The minimum absolute atomic E-state index is 0.0352. The second kappa shape index (κ2) is 5.31.